The zero-order valence-electron chi connectivity index (χ0n) is 13.5. The molecule has 2 aromatic carbocycles. The van der Waals surface area contributed by atoms with E-state index >= 15 is 0 Å². The van der Waals surface area contributed by atoms with Gasteiger partial charge in [0.15, 0.2) is 0 Å². The number of hydrogen-bond acceptors (Lipinski definition) is 5. The Balaban J connectivity index is 2.19. The number of amides is 1. The zero-order chi connectivity index (χ0) is 17.7. The molecule has 7 nitrogen and oxygen atoms in total. The van der Waals surface area contributed by atoms with E-state index in [-0.39, 0.29) is 28.9 Å². The van der Waals surface area contributed by atoms with Crippen molar-refractivity contribution in [3.05, 3.63) is 63.7 Å². The molecule has 7 heteroatoms. The first-order valence-electron chi connectivity index (χ1n) is 7.45. The van der Waals surface area contributed by atoms with Crippen molar-refractivity contribution in [1.82, 2.24) is 5.32 Å². The van der Waals surface area contributed by atoms with Crippen molar-refractivity contribution in [3.63, 3.8) is 0 Å². The number of carbonyl (C=O) groups is 1. The van der Waals surface area contributed by atoms with E-state index in [1.54, 1.807) is 7.11 Å². The molecule has 0 spiro atoms. The molecule has 0 saturated carbocycles. The summed E-state index contributed by atoms with van der Waals surface area (Å²) in [7, 11) is 1.59. The molecule has 0 aliphatic rings. The van der Waals surface area contributed by atoms with Gasteiger partial charge in [-0.2, -0.15) is 0 Å². The lowest BCUT2D eigenvalue weighted by Gasteiger charge is -2.18. The molecule has 1 atom stereocenters. The smallest absolute Gasteiger partial charge is 0.292 e. The zero-order valence-corrected chi connectivity index (χ0v) is 13.5. The Labute approximate surface area is 139 Å². The average Bonchev–Trinajstić information content (AvgIpc) is 2.59. The Morgan fingerprint density at radius 2 is 1.96 bits per heavy atom. The molecule has 0 bridgehead atoms. The van der Waals surface area contributed by atoms with Gasteiger partial charge in [-0.3, -0.25) is 14.9 Å². The third-order valence-electron chi connectivity index (χ3n) is 3.72. The summed E-state index contributed by atoms with van der Waals surface area (Å²) < 4.78 is 5.12. The first-order valence-corrected chi connectivity index (χ1v) is 7.45. The summed E-state index contributed by atoms with van der Waals surface area (Å²) >= 11 is 0. The van der Waals surface area contributed by atoms with E-state index in [1.807, 2.05) is 31.2 Å². The predicted octanol–water partition coefficient (Wildman–Crippen LogP) is 3.07. The summed E-state index contributed by atoms with van der Waals surface area (Å²) in [5.41, 5.74) is 6.42. The van der Waals surface area contributed by atoms with Gasteiger partial charge in [0.1, 0.15) is 11.4 Å². The SMILES string of the molecule is CCC(NC(=O)c1ccc(N)c([N+](=O)[O-])c1)c1ccc(OC)cc1. The van der Waals surface area contributed by atoms with Crippen molar-refractivity contribution in [2.75, 3.05) is 12.8 Å². The summed E-state index contributed by atoms with van der Waals surface area (Å²) in [6.45, 7) is 1.95. The topological polar surface area (TPSA) is 107 Å². The quantitative estimate of drug-likeness (QED) is 0.481. The van der Waals surface area contributed by atoms with Crippen LogP contribution in [-0.4, -0.2) is 17.9 Å². The number of nitrogen functional groups attached to an aromatic ring is 1. The number of nitro groups is 1. The van der Waals surface area contributed by atoms with Crippen LogP contribution in [0.3, 0.4) is 0 Å². The molecule has 24 heavy (non-hydrogen) atoms. The number of nitrogens with one attached hydrogen (secondary N) is 1. The van der Waals surface area contributed by atoms with Crippen LogP contribution in [-0.2, 0) is 0 Å². The molecule has 0 aliphatic heterocycles. The maximum absolute atomic E-state index is 12.4. The molecule has 2 aromatic rings. The van der Waals surface area contributed by atoms with E-state index in [1.165, 1.54) is 18.2 Å². The molecule has 1 amide bonds. The van der Waals surface area contributed by atoms with Gasteiger partial charge in [0, 0.05) is 11.6 Å². The fourth-order valence-electron chi connectivity index (χ4n) is 2.34. The van der Waals surface area contributed by atoms with E-state index in [9.17, 15) is 14.9 Å². The highest BCUT2D eigenvalue weighted by Crippen LogP contribution is 2.24. The Hall–Kier alpha value is -3.09. The second kappa shape index (κ2) is 7.45. The third kappa shape index (κ3) is 3.81. The molecule has 0 heterocycles. The highest BCUT2D eigenvalue weighted by atomic mass is 16.6. The normalized spacial score (nSPS) is 11.6. The lowest BCUT2D eigenvalue weighted by atomic mass is 10.0. The average molecular weight is 329 g/mol. The molecule has 126 valence electrons. The Morgan fingerprint density at radius 1 is 1.29 bits per heavy atom. The summed E-state index contributed by atoms with van der Waals surface area (Å²) in [5, 5.41) is 13.8. The minimum absolute atomic E-state index is 0.0266. The first-order chi connectivity index (χ1) is 11.5. The van der Waals surface area contributed by atoms with E-state index in [2.05, 4.69) is 5.32 Å². The van der Waals surface area contributed by atoms with E-state index in [0.29, 0.717) is 6.42 Å². The van der Waals surface area contributed by atoms with E-state index in [0.717, 1.165) is 11.3 Å². The summed E-state index contributed by atoms with van der Waals surface area (Å²) in [5.74, 6) is 0.342. The highest BCUT2D eigenvalue weighted by molar-refractivity contribution is 5.95. The Morgan fingerprint density at radius 3 is 2.50 bits per heavy atom. The molecular formula is C17H19N3O4. The van der Waals surface area contributed by atoms with Crippen molar-refractivity contribution in [2.24, 2.45) is 0 Å². The van der Waals surface area contributed by atoms with Crippen molar-refractivity contribution in [1.29, 1.82) is 0 Å². The van der Waals surface area contributed by atoms with Gasteiger partial charge in [0.25, 0.3) is 11.6 Å². The third-order valence-corrected chi connectivity index (χ3v) is 3.72. The molecule has 2 rings (SSSR count). The molecule has 1 unspecified atom stereocenters. The minimum atomic E-state index is -0.604. The number of carbonyl (C=O) groups excluding carboxylic acids is 1. The second-order valence-corrected chi connectivity index (χ2v) is 5.24. The van der Waals surface area contributed by atoms with Crippen LogP contribution in [0.5, 0.6) is 5.75 Å². The van der Waals surface area contributed by atoms with E-state index in [4.69, 9.17) is 10.5 Å². The predicted molar refractivity (Wildman–Crippen MR) is 91.0 cm³/mol. The Bertz CT molecular complexity index is 744. The van der Waals surface area contributed by atoms with Crippen LogP contribution < -0.4 is 15.8 Å². The van der Waals surface area contributed by atoms with Crippen LogP contribution >= 0.6 is 0 Å². The monoisotopic (exact) mass is 329 g/mol. The number of anilines is 1. The molecule has 0 aliphatic carbocycles. The van der Waals surface area contributed by atoms with E-state index < -0.39 is 4.92 Å². The standard InChI is InChI=1S/C17H19N3O4/c1-3-15(11-4-7-13(24-2)8-5-11)19-17(21)12-6-9-14(18)16(10-12)20(22)23/h4-10,15H,3,18H2,1-2H3,(H,19,21). The van der Waals surface area contributed by atoms with Crippen LogP contribution in [0.1, 0.15) is 35.3 Å². The largest absolute Gasteiger partial charge is 0.497 e. The molecule has 0 aromatic heterocycles. The van der Waals surface area contributed by atoms with Crippen LogP contribution in [0.15, 0.2) is 42.5 Å². The second-order valence-electron chi connectivity index (χ2n) is 5.24. The fraction of sp³-hybridized carbons (Fsp3) is 0.235. The Kier molecular flexibility index (Phi) is 5.36. The van der Waals surface area contributed by atoms with Crippen LogP contribution in [0.2, 0.25) is 0 Å². The molecule has 0 fully saturated rings. The van der Waals surface area contributed by atoms with Crippen molar-refractivity contribution >= 4 is 17.3 Å². The molecular weight excluding hydrogens is 310 g/mol. The summed E-state index contributed by atoms with van der Waals surface area (Å²) in [6.07, 6.45) is 0.676. The van der Waals surface area contributed by atoms with Crippen LogP contribution in [0.25, 0.3) is 0 Å². The lowest BCUT2D eigenvalue weighted by Crippen LogP contribution is -2.28. The number of nitrogens with zero attached hydrogens (tertiary/aromatic N) is 1. The van der Waals surface area contributed by atoms with Gasteiger partial charge in [0.2, 0.25) is 0 Å². The van der Waals surface area contributed by atoms with Crippen LogP contribution in [0, 0.1) is 10.1 Å². The van der Waals surface area contributed by atoms with Gasteiger partial charge in [-0.1, -0.05) is 19.1 Å². The number of nitrogens with two attached hydrogens (primary N) is 1. The molecule has 0 radical (unpaired) electrons. The molecule has 3 N–H and O–H groups in total. The molecule has 0 saturated heterocycles. The summed E-state index contributed by atoms with van der Waals surface area (Å²) in [4.78, 5) is 22.7. The highest BCUT2D eigenvalue weighted by Gasteiger charge is 2.18. The number of nitro benzene ring substituents is 1. The van der Waals surface area contributed by atoms with Gasteiger partial charge in [0.05, 0.1) is 18.1 Å². The van der Waals surface area contributed by atoms with Gasteiger partial charge < -0.3 is 15.8 Å². The lowest BCUT2D eigenvalue weighted by molar-refractivity contribution is -0.383. The number of ether oxygens (including phenoxy) is 1. The maximum Gasteiger partial charge on any atom is 0.292 e. The maximum atomic E-state index is 12.4. The number of methoxy groups -OCH3 is 1. The van der Waals surface area contributed by atoms with Crippen LogP contribution in [0.4, 0.5) is 11.4 Å². The number of rotatable bonds is 6. The first kappa shape index (κ1) is 17.3. The van der Waals surface area contributed by atoms with Gasteiger partial charge in [-0.05, 0) is 36.2 Å². The fourth-order valence-corrected chi connectivity index (χ4v) is 2.34. The van der Waals surface area contributed by atoms with Gasteiger partial charge >= 0.3 is 0 Å². The van der Waals surface area contributed by atoms with Crippen molar-refractivity contribution in [2.45, 2.75) is 19.4 Å². The van der Waals surface area contributed by atoms with Crippen molar-refractivity contribution < 1.29 is 14.5 Å². The van der Waals surface area contributed by atoms with Gasteiger partial charge in [-0.15, -0.1) is 0 Å². The summed E-state index contributed by atoms with van der Waals surface area (Å²) in [6, 6.07) is 11.2. The number of hydrogen-bond donors (Lipinski definition) is 2. The van der Waals surface area contributed by atoms with Gasteiger partial charge in [-0.25, -0.2) is 0 Å². The number of benzene rings is 2. The minimum Gasteiger partial charge on any atom is -0.497 e. The van der Waals surface area contributed by atoms with Crippen molar-refractivity contribution in [3.8, 4) is 5.75 Å².